The molecule has 15 heavy (non-hydrogen) atoms. The van der Waals surface area contributed by atoms with E-state index in [9.17, 15) is 4.79 Å². The fraction of sp³-hybridized carbons (Fsp3) is 0.923. The Morgan fingerprint density at radius 3 is 2.07 bits per heavy atom. The van der Waals surface area contributed by atoms with Crippen molar-refractivity contribution in [3.63, 3.8) is 0 Å². The maximum atomic E-state index is 11.8. The Balaban J connectivity index is 1.89. The predicted octanol–water partition coefficient (Wildman–Crippen LogP) is 2.83. The average Bonchev–Trinajstić information content (AvgIpc) is 2.67. The van der Waals surface area contributed by atoms with Crippen LogP contribution in [0.25, 0.3) is 0 Å². The van der Waals surface area contributed by atoms with Crippen LogP contribution in [0.1, 0.15) is 52.4 Å². The topological polar surface area (TPSA) is 20.3 Å². The first-order valence-corrected chi connectivity index (χ1v) is 6.42. The molecule has 0 aromatic heterocycles. The summed E-state index contributed by atoms with van der Waals surface area (Å²) in [6.45, 7) is 6.03. The van der Waals surface area contributed by atoms with Gasteiger partial charge in [-0.15, -0.1) is 0 Å². The minimum absolute atomic E-state index is 0.169. The summed E-state index contributed by atoms with van der Waals surface area (Å²) in [5.74, 6) is 0.519. The molecule has 0 bridgehead atoms. The summed E-state index contributed by atoms with van der Waals surface area (Å²) < 4.78 is 0. The van der Waals surface area contributed by atoms with Gasteiger partial charge in [0.05, 0.1) is 0 Å². The smallest absolute Gasteiger partial charge is 0.225 e. The van der Waals surface area contributed by atoms with Gasteiger partial charge in [0.25, 0.3) is 0 Å². The highest BCUT2D eigenvalue weighted by Crippen LogP contribution is 2.46. The lowest BCUT2D eigenvalue weighted by Crippen LogP contribution is -2.43. The lowest BCUT2D eigenvalue weighted by atomic mass is 9.77. The SMILES string of the molecule is CC(C)C(=O)N1CCC2(CCCC2)CC1. The Labute approximate surface area is 93.0 Å². The molecular formula is C13H23NO. The Morgan fingerprint density at radius 2 is 1.60 bits per heavy atom. The van der Waals surface area contributed by atoms with Gasteiger partial charge in [0.2, 0.25) is 5.91 Å². The van der Waals surface area contributed by atoms with Gasteiger partial charge < -0.3 is 4.90 Å². The zero-order chi connectivity index (χ0) is 10.9. The Kier molecular flexibility index (Phi) is 3.03. The molecule has 1 amide bonds. The van der Waals surface area contributed by atoms with Gasteiger partial charge >= 0.3 is 0 Å². The van der Waals surface area contributed by atoms with Crippen molar-refractivity contribution in [2.75, 3.05) is 13.1 Å². The normalized spacial score (nSPS) is 25.1. The Hall–Kier alpha value is -0.530. The fourth-order valence-corrected chi connectivity index (χ4v) is 3.19. The third kappa shape index (κ3) is 2.19. The number of carbonyl (C=O) groups excluding carboxylic acids is 1. The number of hydrogen-bond donors (Lipinski definition) is 0. The van der Waals surface area contributed by atoms with Gasteiger partial charge in [0, 0.05) is 19.0 Å². The molecule has 0 atom stereocenters. The number of amides is 1. The van der Waals surface area contributed by atoms with E-state index < -0.39 is 0 Å². The van der Waals surface area contributed by atoms with Crippen LogP contribution in [-0.2, 0) is 4.79 Å². The zero-order valence-corrected chi connectivity index (χ0v) is 10.1. The molecule has 86 valence electrons. The quantitative estimate of drug-likeness (QED) is 0.650. The molecule has 1 heterocycles. The molecule has 1 saturated heterocycles. The summed E-state index contributed by atoms with van der Waals surface area (Å²) in [7, 11) is 0. The number of likely N-dealkylation sites (tertiary alicyclic amines) is 1. The van der Waals surface area contributed by atoms with Gasteiger partial charge in [-0.25, -0.2) is 0 Å². The molecule has 0 unspecified atom stereocenters. The minimum atomic E-state index is 0.169. The first-order valence-electron chi connectivity index (χ1n) is 6.42. The van der Waals surface area contributed by atoms with Crippen LogP contribution in [0.2, 0.25) is 0 Å². The van der Waals surface area contributed by atoms with E-state index in [4.69, 9.17) is 0 Å². The van der Waals surface area contributed by atoms with Crippen molar-refractivity contribution in [2.45, 2.75) is 52.4 Å². The molecule has 1 saturated carbocycles. The van der Waals surface area contributed by atoms with Crippen molar-refractivity contribution >= 4 is 5.91 Å². The van der Waals surface area contributed by atoms with Crippen LogP contribution >= 0.6 is 0 Å². The summed E-state index contributed by atoms with van der Waals surface area (Å²) in [5.41, 5.74) is 0.633. The van der Waals surface area contributed by atoms with Crippen molar-refractivity contribution in [3.05, 3.63) is 0 Å². The molecule has 2 nitrogen and oxygen atoms in total. The summed E-state index contributed by atoms with van der Waals surface area (Å²) in [5, 5.41) is 0. The number of rotatable bonds is 1. The van der Waals surface area contributed by atoms with E-state index in [2.05, 4.69) is 4.90 Å². The standard InChI is InChI=1S/C13H23NO/c1-11(2)12(15)14-9-7-13(8-10-14)5-3-4-6-13/h11H,3-10H2,1-2H3. The van der Waals surface area contributed by atoms with Crippen LogP contribution in [0.15, 0.2) is 0 Å². The summed E-state index contributed by atoms with van der Waals surface area (Å²) in [6, 6.07) is 0. The van der Waals surface area contributed by atoms with Gasteiger partial charge in [-0.1, -0.05) is 26.7 Å². The number of hydrogen-bond acceptors (Lipinski definition) is 1. The van der Waals surface area contributed by atoms with Crippen LogP contribution in [0.5, 0.6) is 0 Å². The molecule has 0 aromatic carbocycles. The molecule has 1 aliphatic carbocycles. The highest BCUT2D eigenvalue weighted by Gasteiger charge is 2.38. The summed E-state index contributed by atoms with van der Waals surface area (Å²) in [4.78, 5) is 13.9. The Bertz CT molecular complexity index is 231. The molecule has 0 radical (unpaired) electrons. The van der Waals surface area contributed by atoms with Gasteiger partial charge in [-0.05, 0) is 31.1 Å². The first kappa shape index (κ1) is 11.0. The molecule has 2 heteroatoms. The third-order valence-electron chi connectivity index (χ3n) is 4.29. The lowest BCUT2D eigenvalue weighted by molar-refractivity contribution is -0.136. The van der Waals surface area contributed by atoms with Gasteiger partial charge in [-0.3, -0.25) is 4.79 Å². The monoisotopic (exact) mass is 209 g/mol. The highest BCUT2D eigenvalue weighted by molar-refractivity contribution is 5.78. The van der Waals surface area contributed by atoms with Crippen LogP contribution in [0, 0.1) is 11.3 Å². The van der Waals surface area contributed by atoms with Crippen molar-refractivity contribution in [1.82, 2.24) is 4.90 Å². The van der Waals surface area contributed by atoms with Crippen LogP contribution < -0.4 is 0 Å². The second-order valence-electron chi connectivity index (χ2n) is 5.69. The van der Waals surface area contributed by atoms with E-state index in [1.807, 2.05) is 13.8 Å². The summed E-state index contributed by atoms with van der Waals surface area (Å²) in [6.07, 6.45) is 8.17. The Morgan fingerprint density at radius 1 is 1.07 bits per heavy atom. The van der Waals surface area contributed by atoms with Crippen molar-refractivity contribution in [3.8, 4) is 0 Å². The second-order valence-corrected chi connectivity index (χ2v) is 5.69. The minimum Gasteiger partial charge on any atom is -0.342 e. The lowest BCUT2D eigenvalue weighted by Gasteiger charge is -2.40. The van der Waals surface area contributed by atoms with Crippen LogP contribution in [0.3, 0.4) is 0 Å². The van der Waals surface area contributed by atoms with E-state index in [0.29, 0.717) is 11.3 Å². The second kappa shape index (κ2) is 4.15. The first-order chi connectivity index (χ1) is 7.13. The highest BCUT2D eigenvalue weighted by atomic mass is 16.2. The van der Waals surface area contributed by atoms with Gasteiger partial charge in [0.1, 0.15) is 0 Å². The molecular weight excluding hydrogens is 186 g/mol. The third-order valence-corrected chi connectivity index (χ3v) is 4.29. The molecule has 2 fully saturated rings. The van der Waals surface area contributed by atoms with E-state index >= 15 is 0 Å². The van der Waals surface area contributed by atoms with E-state index in [0.717, 1.165) is 13.1 Å². The maximum absolute atomic E-state index is 11.8. The van der Waals surface area contributed by atoms with Crippen molar-refractivity contribution in [1.29, 1.82) is 0 Å². The molecule has 2 rings (SSSR count). The molecule has 0 aromatic rings. The van der Waals surface area contributed by atoms with Crippen LogP contribution in [-0.4, -0.2) is 23.9 Å². The van der Waals surface area contributed by atoms with Gasteiger partial charge in [-0.2, -0.15) is 0 Å². The predicted molar refractivity (Wildman–Crippen MR) is 61.6 cm³/mol. The number of nitrogens with zero attached hydrogens (tertiary/aromatic N) is 1. The van der Waals surface area contributed by atoms with E-state index in [-0.39, 0.29) is 5.92 Å². The maximum Gasteiger partial charge on any atom is 0.225 e. The molecule has 1 spiro atoms. The van der Waals surface area contributed by atoms with Crippen molar-refractivity contribution < 1.29 is 4.79 Å². The zero-order valence-electron chi connectivity index (χ0n) is 10.1. The largest absolute Gasteiger partial charge is 0.342 e. The van der Waals surface area contributed by atoms with E-state index in [1.54, 1.807) is 0 Å². The summed E-state index contributed by atoms with van der Waals surface area (Å²) >= 11 is 0. The number of piperidine rings is 1. The fourth-order valence-electron chi connectivity index (χ4n) is 3.19. The van der Waals surface area contributed by atoms with Crippen molar-refractivity contribution in [2.24, 2.45) is 11.3 Å². The molecule has 2 aliphatic rings. The average molecular weight is 209 g/mol. The molecule has 1 aliphatic heterocycles. The van der Waals surface area contributed by atoms with Crippen LogP contribution in [0.4, 0.5) is 0 Å². The van der Waals surface area contributed by atoms with Gasteiger partial charge in [0.15, 0.2) is 0 Å². The van der Waals surface area contributed by atoms with E-state index in [1.165, 1.54) is 38.5 Å². The molecule has 0 N–H and O–H groups in total. The number of carbonyl (C=O) groups is 1.